The van der Waals surface area contributed by atoms with E-state index in [1.807, 2.05) is 4.90 Å². The van der Waals surface area contributed by atoms with Crippen LogP contribution in [0.2, 0.25) is 0 Å². The van der Waals surface area contributed by atoms with Gasteiger partial charge in [0.2, 0.25) is 15.6 Å². The molecule has 0 aliphatic carbocycles. The second-order valence-electron chi connectivity index (χ2n) is 8.39. The third-order valence-corrected chi connectivity index (χ3v) is 7.83. The third-order valence-electron chi connectivity index (χ3n) is 6.08. The molecule has 0 saturated carbocycles. The molecular formula is C25H23FN4O3S. The molecule has 174 valence electrons. The molecule has 34 heavy (non-hydrogen) atoms. The summed E-state index contributed by atoms with van der Waals surface area (Å²) >= 11 is 0. The van der Waals surface area contributed by atoms with E-state index in [9.17, 15) is 17.6 Å². The summed E-state index contributed by atoms with van der Waals surface area (Å²) in [5.41, 5.74) is 1.92. The molecule has 0 radical (unpaired) electrons. The van der Waals surface area contributed by atoms with Crippen LogP contribution in [0.3, 0.4) is 0 Å². The van der Waals surface area contributed by atoms with Gasteiger partial charge in [0, 0.05) is 50.0 Å². The number of halogens is 1. The van der Waals surface area contributed by atoms with E-state index < -0.39 is 15.7 Å². The number of rotatable bonds is 7. The highest BCUT2D eigenvalue weighted by Crippen LogP contribution is 2.28. The van der Waals surface area contributed by atoms with Gasteiger partial charge >= 0.3 is 0 Å². The zero-order valence-electron chi connectivity index (χ0n) is 18.4. The van der Waals surface area contributed by atoms with Gasteiger partial charge in [0.25, 0.3) is 0 Å². The maximum atomic E-state index is 14.2. The van der Waals surface area contributed by atoms with Crippen LogP contribution in [0, 0.1) is 5.82 Å². The molecule has 4 aromatic rings. The van der Waals surface area contributed by atoms with E-state index in [0.717, 1.165) is 37.6 Å². The van der Waals surface area contributed by atoms with E-state index in [1.54, 1.807) is 41.2 Å². The Morgan fingerprint density at radius 3 is 2.53 bits per heavy atom. The number of fused-ring (bicyclic) bond motifs is 1. The monoisotopic (exact) mass is 478 g/mol. The predicted molar refractivity (Wildman–Crippen MR) is 125 cm³/mol. The first-order chi connectivity index (χ1) is 16.4. The molecule has 0 spiro atoms. The maximum Gasteiger partial charge on any atom is 0.233 e. The lowest BCUT2D eigenvalue weighted by atomic mass is 10.0. The quantitative estimate of drug-likeness (QED) is 0.372. The van der Waals surface area contributed by atoms with E-state index >= 15 is 0 Å². The molecule has 1 fully saturated rings. The van der Waals surface area contributed by atoms with Crippen molar-refractivity contribution in [1.29, 1.82) is 0 Å². The second kappa shape index (κ2) is 8.98. The molecule has 3 heterocycles. The first kappa shape index (κ1) is 22.2. The highest BCUT2D eigenvalue weighted by Gasteiger charge is 2.22. The van der Waals surface area contributed by atoms with Crippen LogP contribution in [-0.2, 0) is 16.3 Å². The number of hydrogen-bond donors (Lipinski definition) is 0. The van der Waals surface area contributed by atoms with Gasteiger partial charge in [-0.2, -0.15) is 0 Å². The van der Waals surface area contributed by atoms with Crippen molar-refractivity contribution in [2.75, 3.05) is 18.0 Å². The fourth-order valence-electron chi connectivity index (χ4n) is 4.19. The number of benzene rings is 2. The zero-order valence-corrected chi connectivity index (χ0v) is 19.2. The van der Waals surface area contributed by atoms with Gasteiger partial charge in [-0.15, -0.1) is 0 Å². The smallest absolute Gasteiger partial charge is 0.233 e. The molecule has 1 aliphatic rings. The van der Waals surface area contributed by atoms with Crippen LogP contribution in [0.5, 0.6) is 0 Å². The topological polar surface area (TPSA) is 84.6 Å². The molecule has 1 aliphatic heterocycles. The number of carbonyl (C=O) groups is 1. The molecule has 0 N–H and O–H groups in total. The van der Waals surface area contributed by atoms with Crippen LogP contribution in [-0.4, -0.2) is 41.7 Å². The summed E-state index contributed by atoms with van der Waals surface area (Å²) in [5.74, 6) is -0.102. The number of Topliss-reactive ketones (excluding diaryl/α,β-unsaturated/α-hetero) is 1. The third kappa shape index (κ3) is 4.43. The van der Waals surface area contributed by atoms with Gasteiger partial charge in [0.1, 0.15) is 5.82 Å². The molecule has 1 saturated heterocycles. The van der Waals surface area contributed by atoms with Gasteiger partial charge in [-0.05, 0) is 55.2 Å². The van der Waals surface area contributed by atoms with Gasteiger partial charge in [-0.1, -0.05) is 12.1 Å². The number of carbonyl (C=O) groups excluding carboxylic acids is 1. The zero-order chi connectivity index (χ0) is 23.7. The summed E-state index contributed by atoms with van der Waals surface area (Å²) in [4.78, 5) is 22.8. The van der Waals surface area contributed by atoms with E-state index in [2.05, 4.69) is 9.97 Å². The summed E-state index contributed by atoms with van der Waals surface area (Å²) in [7, 11) is -3.87. The lowest BCUT2D eigenvalue weighted by Crippen LogP contribution is -2.18. The van der Waals surface area contributed by atoms with Gasteiger partial charge in [-0.25, -0.2) is 22.8 Å². The Labute approximate surface area is 196 Å². The van der Waals surface area contributed by atoms with E-state index in [1.165, 1.54) is 24.4 Å². The molecule has 0 bridgehead atoms. The van der Waals surface area contributed by atoms with Crippen LogP contribution < -0.4 is 4.90 Å². The summed E-state index contributed by atoms with van der Waals surface area (Å²) in [6.07, 6.45) is 9.29. The standard InChI is InChI=1S/C25H23FN4O3S/c26-20-13-21(29-10-1-2-11-29)15-23(14-20)34(32,33)22-6-3-18(4-7-22)5-8-24(31)19-16-28-25-27-9-12-30(25)17-19/h3-4,6-7,9,12-17H,1-2,5,8,10-11H2. The van der Waals surface area contributed by atoms with Crippen molar-refractivity contribution >= 4 is 27.1 Å². The van der Waals surface area contributed by atoms with E-state index in [4.69, 9.17) is 0 Å². The molecule has 2 aromatic carbocycles. The average Bonchev–Trinajstić information content (AvgIpc) is 3.54. The van der Waals surface area contributed by atoms with Gasteiger partial charge in [-0.3, -0.25) is 9.20 Å². The molecule has 5 rings (SSSR count). The summed E-state index contributed by atoms with van der Waals surface area (Å²) in [6.45, 7) is 1.59. The van der Waals surface area contributed by atoms with Crippen molar-refractivity contribution in [2.45, 2.75) is 35.5 Å². The van der Waals surface area contributed by atoms with E-state index in [-0.39, 0.29) is 22.0 Å². The number of aromatic nitrogens is 3. The fraction of sp³-hybridized carbons (Fsp3) is 0.240. The van der Waals surface area contributed by atoms with Crippen LogP contribution >= 0.6 is 0 Å². The number of aryl methyl sites for hydroxylation is 1. The minimum Gasteiger partial charge on any atom is -0.371 e. The highest BCUT2D eigenvalue weighted by molar-refractivity contribution is 7.91. The highest BCUT2D eigenvalue weighted by atomic mass is 32.2. The van der Waals surface area contributed by atoms with Crippen LogP contribution in [0.4, 0.5) is 10.1 Å². The molecule has 2 aromatic heterocycles. The van der Waals surface area contributed by atoms with Crippen molar-refractivity contribution in [3.63, 3.8) is 0 Å². The Bertz CT molecular complexity index is 1460. The van der Waals surface area contributed by atoms with Crippen LogP contribution in [0.1, 0.15) is 35.2 Å². The minimum atomic E-state index is -3.87. The number of sulfone groups is 1. The van der Waals surface area contributed by atoms with Crippen molar-refractivity contribution in [1.82, 2.24) is 14.4 Å². The molecular weight excluding hydrogens is 455 g/mol. The summed E-state index contributed by atoms with van der Waals surface area (Å²) in [5, 5.41) is 0. The molecule has 0 atom stereocenters. The number of hydrogen-bond acceptors (Lipinski definition) is 6. The van der Waals surface area contributed by atoms with Crippen molar-refractivity contribution in [2.24, 2.45) is 0 Å². The first-order valence-electron chi connectivity index (χ1n) is 11.1. The fourth-order valence-corrected chi connectivity index (χ4v) is 5.51. The number of nitrogens with zero attached hydrogens (tertiary/aromatic N) is 4. The van der Waals surface area contributed by atoms with Crippen molar-refractivity contribution < 1.29 is 17.6 Å². The molecule has 9 heteroatoms. The van der Waals surface area contributed by atoms with Crippen molar-refractivity contribution in [3.05, 3.63) is 84.2 Å². The van der Waals surface area contributed by atoms with Crippen molar-refractivity contribution in [3.8, 4) is 0 Å². The predicted octanol–water partition coefficient (Wildman–Crippen LogP) is 4.12. The molecule has 0 amide bonds. The number of anilines is 1. The Hall–Kier alpha value is -3.59. The summed E-state index contributed by atoms with van der Waals surface area (Å²) in [6, 6.07) is 10.4. The van der Waals surface area contributed by atoms with Gasteiger partial charge in [0.15, 0.2) is 5.78 Å². The Morgan fingerprint density at radius 1 is 1.00 bits per heavy atom. The lowest BCUT2D eigenvalue weighted by Gasteiger charge is -2.18. The second-order valence-corrected chi connectivity index (χ2v) is 10.3. The Kier molecular flexibility index (Phi) is 5.87. The van der Waals surface area contributed by atoms with Crippen LogP contribution in [0.25, 0.3) is 5.78 Å². The SMILES string of the molecule is O=C(CCc1ccc(S(=O)(=O)c2cc(F)cc(N3CCCC3)c2)cc1)c1cnc2nccn2c1. The maximum absolute atomic E-state index is 14.2. The van der Waals surface area contributed by atoms with Gasteiger partial charge in [0.05, 0.1) is 15.4 Å². The average molecular weight is 479 g/mol. The normalized spacial score (nSPS) is 14.1. The summed E-state index contributed by atoms with van der Waals surface area (Å²) < 4.78 is 42.2. The Balaban J connectivity index is 1.30. The van der Waals surface area contributed by atoms with E-state index in [0.29, 0.717) is 23.4 Å². The number of imidazole rings is 1. The first-order valence-corrected chi connectivity index (χ1v) is 12.6. The Morgan fingerprint density at radius 2 is 1.76 bits per heavy atom. The minimum absolute atomic E-state index is 0.0558. The number of ketones is 1. The lowest BCUT2D eigenvalue weighted by molar-refractivity contribution is 0.0982. The van der Waals surface area contributed by atoms with Crippen LogP contribution in [0.15, 0.2) is 77.0 Å². The van der Waals surface area contributed by atoms with Gasteiger partial charge < -0.3 is 4.90 Å². The molecule has 7 nitrogen and oxygen atoms in total. The molecule has 0 unspecified atom stereocenters. The largest absolute Gasteiger partial charge is 0.371 e.